The molecule has 2 fully saturated rings. The van der Waals surface area contributed by atoms with Crippen molar-refractivity contribution in [2.24, 2.45) is 5.73 Å². The van der Waals surface area contributed by atoms with E-state index in [0.717, 1.165) is 31.6 Å². The van der Waals surface area contributed by atoms with Crippen LogP contribution >= 0.6 is 0 Å². The van der Waals surface area contributed by atoms with Crippen LogP contribution < -0.4 is 11.1 Å². The van der Waals surface area contributed by atoms with Crippen molar-refractivity contribution in [2.45, 2.75) is 82.2 Å². The maximum atomic E-state index is 11.3. The molecular formula is C27H38N2O2. The summed E-state index contributed by atoms with van der Waals surface area (Å²) >= 11 is 0. The first-order chi connectivity index (χ1) is 15.2. The third-order valence-corrected chi connectivity index (χ3v) is 6.64. The van der Waals surface area contributed by atoms with E-state index in [9.17, 15) is 4.79 Å². The second-order valence-corrected chi connectivity index (χ2v) is 8.85. The minimum absolute atomic E-state index is 0.277. The van der Waals surface area contributed by atoms with Crippen molar-refractivity contribution in [3.8, 4) is 0 Å². The average Bonchev–Trinajstić information content (AvgIpc) is 2.82. The van der Waals surface area contributed by atoms with Gasteiger partial charge >= 0.3 is 6.09 Å². The smallest absolute Gasteiger partial charge is 0.407 e. The standard InChI is InChI=1S/C15H21NO2.C12H17N/c1-2-18-15(17)16-14-10-8-13(9-11-14)12-6-4-3-5-7-12;13-12-8-6-11(7-9-12)10-4-2-1-3-5-10/h3-7,13-14H,2,8-11H2,1H3,(H,16,17);1-5,11-12H,6-9,13H2. The van der Waals surface area contributed by atoms with Crippen LogP contribution in [0.3, 0.4) is 0 Å². The van der Waals surface area contributed by atoms with Gasteiger partial charge < -0.3 is 15.8 Å². The molecule has 4 heteroatoms. The summed E-state index contributed by atoms with van der Waals surface area (Å²) in [5.41, 5.74) is 8.79. The molecule has 0 unspecified atom stereocenters. The van der Waals surface area contributed by atoms with Gasteiger partial charge in [-0.15, -0.1) is 0 Å². The van der Waals surface area contributed by atoms with Gasteiger partial charge in [-0.25, -0.2) is 4.79 Å². The van der Waals surface area contributed by atoms with Gasteiger partial charge in [0.15, 0.2) is 0 Å². The van der Waals surface area contributed by atoms with E-state index in [2.05, 4.69) is 66.0 Å². The van der Waals surface area contributed by atoms with Gasteiger partial charge in [0.25, 0.3) is 0 Å². The molecule has 0 bridgehead atoms. The number of carbonyl (C=O) groups is 1. The van der Waals surface area contributed by atoms with Gasteiger partial charge in [-0.3, -0.25) is 0 Å². The van der Waals surface area contributed by atoms with Gasteiger partial charge in [-0.2, -0.15) is 0 Å². The molecule has 2 aromatic rings. The Morgan fingerprint density at radius 2 is 1.26 bits per heavy atom. The van der Waals surface area contributed by atoms with E-state index < -0.39 is 0 Å². The first-order valence-corrected chi connectivity index (χ1v) is 11.9. The average molecular weight is 423 g/mol. The maximum Gasteiger partial charge on any atom is 0.407 e. The van der Waals surface area contributed by atoms with E-state index in [1.807, 2.05) is 6.92 Å². The van der Waals surface area contributed by atoms with Crippen LogP contribution in [-0.4, -0.2) is 24.8 Å². The predicted molar refractivity (Wildman–Crippen MR) is 127 cm³/mol. The van der Waals surface area contributed by atoms with Crippen LogP contribution in [0.15, 0.2) is 60.7 Å². The number of nitrogens with two attached hydrogens (primary N) is 1. The highest BCUT2D eigenvalue weighted by atomic mass is 16.5. The number of rotatable bonds is 4. The van der Waals surface area contributed by atoms with Crippen LogP contribution in [0, 0.1) is 0 Å². The third kappa shape index (κ3) is 7.70. The Morgan fingerprint density at radius 1 is 0.806 bits per heavy atom. The zero-order chi connectivity index (χ0) is 21.9. The molecule has 2 aliphatic rings. The van der Waals surface area contributed by atoms with Crippen LogP contribution in [0.1, 0.15) is 81.3 Å². The molecule has 2 saturated carbocycles. The van der Waals surface area contributed by atoms with E-state index in [1.165, 1.54) is 36.8 Å². The van der Waals surface area contributed by atoms with Crippen molar-refractivity contribution >= 4 is 6.09 Å². The number of carbonyl (C=O) groups excluding carboxylic acids is 1. The molecule has 2 aromatic carbocycles. The second-order valence-electron chi connectivity index (χ2n) is 8.85. The molecule has 0 aromatic heterocycles. The van der Waals surface area contributed by atoms with E-state index in [1.54, 1.807) is 0 Å². The fraction of sp³-hybridized carbons (Fsp3) is 0.519. The summed E-state index contributed by atoms with van der Waals surface area (Å²) in [5, 5.41) is 2.93. The topological polar surface area (TPSA) is 64.3 Å². The molecule has 168 valence electrons. The molecule has 4 nitrogen and oxygen atoms in total. The fourth-order valence-corrected chi connectivity index (χ4v) is 4.81. The molecule has 0 spiro atoms. The molecule has 0 atom stereocenters. The molecule has 3 N–H and O–H groups in total. The molecular weight excluding hydrogens is 384 g/mol. The van der Waals surface area contributed by atoms with Crippen molar-refractivity contribution in [3.63, 3.8) is 0 Å². The zero-order valence-corrected chi connectivity index (χ0v) is 18.8. The quantitative estimate of drug-likeness (QED) is 0.623. The van der Waals surface area contributed by atoms with Gasteiger partial charge in [-0.1, -0.05) is 60.7 Å². The largest absolute Gasteiger partial charge is 0.450 e. The van der Waals surface area contributed by atoms with Crippen molar-refractivity contribution in [1.29, 1.82) is 0 Å². The van der Waals surface area contributed by atoms with Crippen LogP contribution in [0.4, 0.5) is 4.79 Å². The lowest BCUT2D eigenvalue weighted by molar-refractivity contribution is 0.144. The minimum Gasteiger partial charge on any atom is -0.450 e. The monoisotopic (exact) mass is 422 g/mol. The first kappa shape index (κ1) is 23.3. The third-order valence-electron chi connectivity index (χ3n) is 6.64. The normalized spacial score (nSPS) is 25.6. The maximum absolute atomic E-state index is 11.3. The number of hydrogen-bond acceptors (Lipinski definition) is 3. The van der Waals surface area contributed by atoms with Crippen molar-refractivity contribution < 1.29 is 9.53 Å². The summed E-state index contributed by atoms with van der Waals surface area (Å²) in [6.07, 6.45) is 9.01. The van der Waals surface area contributed by atoms with Gasteiger partial charge in [0, 0.05) is 12.1 Å². The number of amides is 1. The Hall–Kier alpha value is -2.33. The summed E-state index contributed by atoms with van der Waals surface area (Å²) in [6.45, 7) is 2.26. The van der Waals surface area contributed by atoms with Gasteiger partial charge in [0.2, 0.25) is 0 Å². The van der Waals surface area contributed by atoms with Crippen molar-refractivity contribution in [2.75, 3.05) is 6.61 Å². The van der Waals surface area contributed by atoms with Crippen LogP contribution in [0.5, 0.6) is 0 Å². The predicted octanol–water partition coefficient (Wildman–Crippen LogP) is 6.13. The van der Waals surface area contributed by atoms with Crippen LogP contribution in [0.25, 0.3) is 0 Å². The number of benzene rings is 2. The summed E-state index contributed by atoms with van der Waals surface area (Å²) in [4.78, 5) is 11.3. The van der Waals surface area contributed by atoms with Gasteiger partial charge in [0.1, 0.15) is 0 Å². The second kappa shape index (κ2) is 12.5. The molecule has 31 heavy (non-hydrogen) atoms. The molecule has 0 heterocycles. The molecule has 0 aliphatic heterocycles. The number of alkyl carbamates (subject to hydrolysis) is 1. The Kier molecular flexibility index (Phi) is 9.41. The lowest BCUT2D eigenvalue weighted by Crippen LogP contribution is -2.37. The molecule has 1 amide bonds. The van der Waals surface area contributed by atoms with Gasteiger partial charge in [-0.05, 0) is 81.3 Å². The zero-order valence-electron chi connectivity index (χ0n) is 18.8. The summed E-state index contributed by atoms with van der Waals surface area (Å²) < 4.78 is 4.91. The Morgan fingerprint density at radius 3 is 1.71 bits per heavy atom. The Balaban J connectivity index is 0.000000185. The lowest BCUT2D eigenvalue weighted by atomic mass is 9.82. The highest BCUT2D eigenvalue weighted by Crippen LogP contribution is 2.33. The van der Waals surface area contributed by atoms with Crippen molar-refractivity contribution in [3.05, 3.63) is 71.8 Å². The van der Waals surface area contributed by atoms with E-state index in [-0.39, 0.29) is 12.1 Å². The van der Waals surface area contributed by atoms with Crippen molar-refractivity contribution in [1.82, 2.24) is 5.32 Å². The molecule has 0 radical (unpaired) electrons. The summed E-state index contributed by atoms with van der Waals surface area (Å²) in [5.74, 6) is 1.41. The van der Waals surface area contributed by atoms with Gasteiger partial charge in [0.05, 0.1) is 6.61 Å². The SMILES string of the molecule is CCOC(=O)NC1CCC(c2ccccc2)CC1.NC1CCC(c2ccccc2)CC1. The van der Waals surface area contributed by atoms with E-state index in [4.69, 9.17) is 10.5 Å². The van der Waals surface area contributed by atoms with Crippen LogP contribution in [0.2, 0.25) is 0 Å². The lowest BCUT2D eigenvalue weighted by Gasteiger charge is -2.29. The van der Waals surface area contributed by atoms with E-state index in [0.29, 0.717) is 18.6 Å². The van der Waals surface area contributed by atoms with E-state index >= 15 is 0 Å². The molecule has 0 saturated heterocycles. The minimum atomic E-state index is -0.277. The summed E-state index contributed by atoms with van der Waals surface area (Å²) in [7, 11) is 0. The van der Waals surface area contributed by atoms with Crippen LogP contribution in [-0.2, 0) is 4.74 Å². The molecule has 2 aliphatic carbocycles. The Labute approximate surface area is 187 Å². The Bertz CT molecular complexity index is 749. The number of nitrogens with one attached hydrogen (secondary N) is 1. The first-order valence-electron chi connectivity index (χ1n) is 11.9. The highest BCUT2D eigenvalue weighted by molar-refractivity contribution is 5.67. The number of ether oxygens (including phenoxy) is 1. The number of hydrogen-bond donors (Lipinski definition) is 2. The summed E-state index contributed by atoms with van der Waals surface area (Å²) in [6, 6.07) is 22.2. The fourth-order valence-electron chi connectivity index (χ4n) is 4.81. The molecule has 4 rings (SSSR count). The highest BCUT2D eigenvalue weighted by Gasteiger charge is 2.23.